The number of ether oxygens (including phenoxy) is 3. The van der Waals surface area contributed by atoms with Crippen molar-refractivity contribution in [3.05, 3.63) is 40.1 Å². The summed E-state index contributed by atoms with van der Waals surface area (Å²) in [5, 5.41) is 40.8. The first-order chi connectivity index (χ1) is 16.4. The Kier molecular flexibility index (Phi) is 12.5. The van der Waals surface area contributed by atoms with Crippen LogP contribution in [-0.2, 0) is 21.3 Å². The number of azo groups is 1. The molecule has 0 saturated heterocycles. The van der Waals surface area contributed by atoms with Gasteiger partial charge in [-0.25, -0.2) is 4.57 Å². The summed E-state index contributed by atoms with van der Waals surface area (Å²) in [6, 6.07) is 5.60. The third-order valence-corrected chi connectivity index (χ3v) is 5.58. The summed E-state index contributed by atoms with van der Waals surface area (Å²) in [7, 11) is 1.68. The molecule has 188 valence electrons. The fourth-order valence-electron chi connectivity index (χ4n) is 2.88. The van der Waals surface area contributed by atoms with Gasteiger partial charge in [0, 0.05) is 23.6 Å². The molecule has 0 spiro atoms. The number of nitrogens with zero attached hydrogens (tertiary/aromatic N) is 4. The van der Waals surface area contributed by atoms with Gasteiger partial charge >= 0.3 is 10.1 Å². The van der Waals surface area contributed by atoms with Crippen molar-refractivity contribution >= 4 is 32.8 Å². The number of hydrogen-bond donors (Lipinski definition) is 3. The lowest BCUT2D eigenvalue weighted by molar-refractivity contribution is -0.656. The van der Waals surface area contributed by atoms with Crippen molar-refractivity contribution in [3.63, 3.8) is 0 Å². The third kappa shape index (κ3) is 9.75. The zero-order chi connectivity index (χ0) is 24.8. The van der Waals surface area contributed by atoms with E-state index in [0.29, 0.717) is 50.3 Å². The van der Waals surface area contributed by atoms with Gasteiger partial charge in [-0.2, -0.15) is 0 Å². The number of hydrogen-bond acceptors (Lipinski definition) is 11. The summed E-state index contributed by atoms with van der Waals surface area (Å²) in [6.45, 7) is 4.16. The van der Waals surface area contributed by atoms with Crippen molar-refractivity contribution in [2.24, 2.45) is 17.3 Å². The molecule has 1 unspecified atom stereocenters. The largest absolute Gasteiger partial charge is 0.414 e. The predicted octanol–water partition coefficient (Wildman–Crippen LogP) is 2.41. The highest BCUT2D eigenvalue weighted by Crippen LogP contribution is 2.29. The maximum absolute atomic E-state index is 10.9. The molecule has 2 aromatic rings. The van der Waals surface area contributed by atoms with E-state index in [-0.39, 0.29) is 30.9 Å². The quantitative estimate of drug-likeness (QED) is 0.0988. The van der Waals surface area contributed by atoms with Crippen LogP contribution in [0.1, 0.15) is 12.0 Å². The van der Waals surface area contributed by atoms with Crippen LogP contribution in [0.15, 0.2) is 34.6 Å². The Morgan fingerprint density at radius 2 is 1.82 bits per heavy atom. The Hall–Kier alpha value is -2.55. The lowest BCUT2D eigenvalue weighted by Gasteiger charge is -2.20. The van der Waals surface area contributed by atoms with E-state index in [2.05, 4.69) is 15.5 Å². The first-order valence-electron chi connectivity index (χ1n) is 10.8. The highest BCUT2D eigenvalue weighted by molar-refractivity contribution is 7.17. The SMILES string of the molecule is Cc1cc(NC(CCOCCOCCO)COCCO)ccc1/N=N/c1sc([N+](=O)[O-])c[n+]1C. The van der Waals surface area contributed by atoms with Gasteiger partial charge in [0.2, 0.25) is 0 Å². The Bertz CT molecular complexity index is 925. The zero-order valence-electron chi connectivity index (χ0n) is 19.4. The van der Waals surface area contributed by atoms with Crippen molar-refractivity contribution in [2.75, 3.05) is 58.2 Å². The predicted molar refractivity (Wildman–Crippen MR) is 126 cm³/mol. The fraction of sp³-hybridized carbons (Fsp3) is 0.571. The summed E-state index contributed by atoms with van der Waals surface area (Å²) in [6.07, 6.45) is 2.09. The van der Waals surface area contributed by atoms with Crippen molar-refractivity contribution in [3.8, 4) is 0 Å². The maximum atomic E-state index is 10.9. The van der Waals surface area contributed by atoms with Gasteiger partial charge < -0.3 is 29.7 Å². The molecular weight excluding hydrogens is 466 g/mol. The van der Waals surface area contributed by atoms with Gasteiger partial charge in [0.25, 0.3) is 0 Å². The second-order valence-electron chi connectivity index (χ2n) is 7.30. The van der Waals surface area contributed by atoms with Crippen LogP contribution in [0.25, 0.3) is 0 Å². The number of nitro groups is 1. The van der Waals surface area contributed by atoms with Crippen molar-refractivity contribution < 1.29 is 33.9 Å². The zero-order valence-corrected chi connectivity index (χ0v) is 20.2. The lowest BCUT2D eigenvalue weighted by Crippen LogP contribution is -2.28. The van der Waals surface area contributed by atoms with Crippen LogP contribution in [-0.4, -0.2) is 74.0 Å². The maximum Gasteiger partial charge on any atom is 0.414 e. The lowest BCUT2D eigenvalue weighted by atomic mass is 10.1. The molecule has 0 fully saturated rings. The van der Waals surface area contributed by atoms with Crippen LogP contribution in [0, 0.1) is 17.0 Å². The molecule has 2 rings (SSSR count). The minimum absolute atomic E-state index is 0.00356. The summed E-state index contributed by atoms with van der Waals surface area (Å²) >= 11 is 0.957. The molecule has 0 saturated carbocycles. The molecule has 1 aromatic heterocycles. The molecule has 0 radical (unpaired) electrons. The van der Waals surface area contributed by atoms with Gasteiger partial charge in [-0.1, -0.05) is 0 Å². The molecule has 0 aliphatic rings. The molecule has 1 heterocycles. The number of nitrogens with one attached hydrogen (secondary N) is 1. The van der Waals surface area contributed by atoms with E-state index in [1.54, 1.807) is 11.6 Å². The number of rotatable bonds is 17. The second kappa shape index (κ2) is 15.4. The Morgan fingerprint density at radius 3 is 2.47 bits per heavy atom. The van der Waals surface area contributed by atoms with E-state index in [1.807, 2.05) is 25.1 Å². The smallest absolute Gasteiger partial charge is 0.394 e. The molecule has 0 aliphatic heterocycles. The van der Waals surface area contributed by atoms with Gasteiger partial charge in [0.1, 0.15) is 5.69 Å². The van der Waals surface area contributed by atoms with E-state index in [0.717, 1.165) is 22.6 Å². The highest BCUT2D eigenvalue weighted by Gasteiger charge is 2.21. The summed E-state index contributed by atoms with van der Waals surface area (Å²) in [4.78, 5) is 10.5. The van der Waals surface area contributed by atoms with Crippen LogP contribution >= 0.6 is 11.3 Å². The second-order valence-corrected chi connectivity index (χ2v) is 8.29. The first-order valence-corrected chi connectivity index (χ1v) is 11.6. The van der Waals surface area contributed by atoms with Gasteiger partial charge in [-0.15, -0.1) is 0 Å². The van der Waals surface area contributed by atoms with Crippen LogP contribution in [0.5, 0.6) is 0 Å². The van der Waals surface area contributed by atoms with Crippen molar-refractivity contribution in [2.45, 2.75) is 19.4 Å². The van der Waals surface area contributed by atoms with Gasteiger partial charge in [0.15, 0.2) is 6.20 Å². The molecule has 34 heavy (non-hydrogen) atoms. The van der Waals surface area contributed by atoms with Crippen molar-refractivity contribution in [1.82, 2.24) is 0 Å². The first kappa shape index (κ1) is 27.7. The number of anilines is 1. The number of benzene rings is 1. The van der Waals surface area contributed by atoms with Crippen LogP contribution in [0.4, 0.5) is 21.5 Å². The summed E-state index contributed by atoms with van der Waals surface area (Å²) < 4.78 is 17.8. The van der Waals surface area contributed by atoms with Gasteiger partial charge in [-0.05, 0) is 42.2 Å². The molecule has 0 bridgehead atoms. The number of aromatic nitrogens is 1. The minimum Gasteiger partial charge on any atom is -0.394 e. The normalized spacial score (nSPS) is 12.4. The Labute approximate surface area is 202 Å². The van der Waals surface area contributed by atoms with E-state index in [1.165, 1.54) is 6.20 Å². The molecule has 1 atom stereocenters. The van der Waals surface area contributed by atoms with E-state index < -0.39 is 4.92 Å². The van der Waals surface area contributed by atoms with E-state index in [9.17, 15) is 10.1 Å². The highest BCUT2D eigenvalue weighted by atomic mass is 32.1. The Balaban J connectivity index is 1.95. The van der Waals surface area contributed by atoms with E-state index >= 15 is 0 Å². The van der Waals surface area contributed by atoms with Crippen LogP contribution < -0.4 is 9.88 Å². The number of thiazole rings is 1. The average molecular weight is 499 g/mol. The average Bonchev–Trinajstić information content (AvgIpc) is 3.18. The third-order valence-electron chi connectivity index (χ3n) is 4.57. The van der Waals surface area contributed by atoms with Crippen LogP contribution in [0.2, 0.25) is 0 Å². The molecular formula is C21H32N5O7S+. The van der Waals surface area contributed by atoms with E-state index in [4.69, 9.17) is 24.4 Å². The molecule has 0 amide bonds. The van der Waals surface area contributed by atoms with Crippen molar-refractivity contribution in [1.29, 1.82) is 0 Å². The van der Waals surface area contributed by atoms with Gasteiger partial charge in [-0.3, -0.25) is 10.1 Å². The monoisotopic (exact) mass is 498 g/mol. The summed E-state index contributed by atoms with van der Waals surface area (Å²) in [5.74, 6) is 0. The standard InChI is InChI=1S/C21H31N5O7S/c1-16-13-17(3-4-19(16)23-24-21-25(2)14-20(34-21)26(29)30)22-18(15-33-10-7-28)5-8-31-11-12-32-9-6-27/h3-4,13-14,18,27-28H,5-12,15H2,1-2H3/p+1. The number of aliphatic hydroxyl groups excluding tert-OH is 2. The Morgan fingerprint density at radius 1 is 1.12 bits per heavy atom. The number of aliphatic hydroxyl groups is 2. The molecule has 12 nitrogen and oxygen atoms in total. The molecule has 0 aliphatic carbocycles. The van der Waals surface area contributed by atoms with Gasteiger partial charge in [0.05, 0.1) is 69.4 Å². The van der Waals surface area contributed by atoms with Crippen LogP contribution in [0.3, 0.4) is 0 Å². The molecule has 1 aromatic carbocycles. The molecule has 13 heteroatoms. The minimum atomic E-state index is -0.452. The number of aryl methyl sites for hydroxylation is 2. The fourth-order valence-corrected chi connectivity index (χ4v) is 3.63. The molecule has 3 N–H and O–H groups in total. The summed E-state index contributed by atoms with van der Waals surface area (Å²) in [5.41, 5.74) is 2.41. The topological polar surface area (TPSA) is 152 Å².